The van der Waals surface area contributed by atoms with Gasteiger partial charge in [0.05, 0.1) is 12.0 Å². The van der Waals surface area contributed by atoms with Gasteiger partial charge in [0, 0.05) is 30.2 Å². The summed E-state index contributed by atoms with van der Waals surface area (Å²) in [5, 5.41) is 5.55. The Morgan fingerprint density at radius 3 is 2.78 bits per heavy atom. The van der Waals surface area contributed by atoms with Crippen LogP contribution in [0, 0.1) is 5.82 Å². The molecule has 124 valence electrons. The zero-order valence-electron chi connectivity index (χ0n) is 13.5. The molecule has 1 aromatic heterocycles. The molecule has 0 unspecified atom stereocenters. The van der Waals surface area contributed by atoms with E-state index in [4.69, 9.17) is 0 Å². The minimum Gasteiger partial charge on any atom is -0.337 e. The number of aromatic nitrogens is 2. The van der Waals surface area contributed by atoms with Gasteiger partial charge in [-0.1, -0.05) is 6.07 Å². The normalized spacial score (nSPS) is 11.3. The largest absolute Gasteiger partial charge is 0.337 e. The molecule has 0 spiro atoms. The van der Waals surface area contributed by atoms with E-state index in [9.17, 15) is 9.18 Å². The van der Waals surface area contributed by atoms with Gasteiger partial charge in [-0.2, -0.15) is 11.8 Å². The lowest BCUT2D eigenvalue weighted by Crippen LogP contribution is -2.41. The van der Waals surface area contributed by atoms with E-state index in [1.165, 1.54) is 12.4 Å². The Hall–Kier alpha value is -2.02. The molecule has 0 aliphatic rings. The number of carbonyl (C=O) groups excluding carboxylic acids is 1. The van der Waals surface area contributed by atoms with E-state index >= 15 is 0 Å². The van der Waals surface area contributed by atoms with Gasteiger partial charge in [0.15, 0.2) is 0 Å². The van der Waals surface area contributed by atoms with Crippen LogP contribution in [0.1, 0.15) is 19.4 Å². The number of imidazole rings is 1. The number of amides is 2. The number of hydrogen-bond donors (Lipinski definition) is 2. The maximum atomic E-state index is 14.1. The topological polar surface area (TPSA) is 59.0 Å². The fourth-order valence-corrected chi connectivity index (χ4v) is 2.10. The van der Waals surface area contributed by atoms with E-state index in [1.54, 1.807) is 40.9 Å². The number of thioether (sulfide) groups is 1. The minimum absolute atomic E-state index is 0.0180. The van der Waals surface area contributed by atoms with Crippen LogP contribution in [0.15, 0.2) is 36.9 Å². The Bertz CT molecular complexity index is 658. The highest BCUT2D eigenvalue weighted by Gasteiger charge is 2.16. The summed E-state index contributed by atoms with van der Waals surface area (Å²) >= 11 is 1.69. The van der Waals surface area contributed by atoms with Crippen molar-refractivity contribution in [2.45, 2.75) is 25.1 Å². The second-order valence-corrected chi connectivity index (χ2v) is 7.27. The molecular formula is C16H21FN4OS. The fraction of sp³-hybridized carbons (Fsp3) is 0.375. The molecule has 7 heteroatoms. The second-order valence-electron chi connectivity index (χ2n) is 5.76. The summed E-state index contributed by atoms with van der Waals surface area (Å²) < 4.78 is 15.7. The van der Waals surface area contributed by atoms with Gasteiger partial charge in [0.25, 0.3) is 0 Å². The molecule has 2 rings (SSSR count). The first-order chi connectivity index (χ1) is 10.9. The summed E-state index contributed by atoms with van der Waals surface area (Å²) in [6, 6.07) is 4.61. The summed E-state index contributed by atoms with van der Waals surface area (Å²) in [5.74, 6) is -0.355. The van der Waals surface area contributed by atoms with Gasteiger partial charge >= 0.3 is 6.03 Å². The molecule has 0 saturated carbocycles. The number of benzene rings is 1. The number of carbonyl (C=O) groups is 1. The molecule has 2 aromatic rings. The van der Waals surface area contributed by atoms with Crippen molar-refractivity contribution in [2.75, 3.05) is 12.8 Å². The van der Waals surface area contributed by atoms with Crippen molar-refractivity contribution in [1.82, 2.24) is 20.2 Å². The van der Waals surface area contributed by atoms with E-state index in [-0.39, 0.29) is 23.1 Å². The summed E-state index contributed by atoms with van der Waals surface area (Å²) in [6.45, 7) is 4.95. The average molecular weight is 336 g/mol. The molecule has 2 N–H and O–H groups in total. The predicted octanol–water partition coefficient (Wildman–Crippen LogP) is 2.95. The van der Waals surface area contributed by atoms with Crippen molar-refractivity contribution < 1.29 is 9.18 Å². The van der Waals surface area contributed by atoms with Crippen molar-refractivity contribution >= 4 is 17.8 Å². The summed E-state index contributed by atoms with van der Waals surface area (Å²) in [4.78, 5) is 15.7. The molecular weight excluding hydrogens is 315 g/mol. The molecule has 0 radical (unpaired) electrons. The third kappa shape index (κ3) is 4.99. The molecule has 0 bridgehead atoms. The molecule has 5 nitrogen and oxygen atoms in total. The van der Waals surface area contributed by atoms with Crippen LogP contribution >= 0.6 is 11.8 Å². The fourth-order valence-electron chi connectivity index (χ4n) is 1.88. The Balaban J connectivity index is 1.89. The van der Waals surface area contributed by atoms with Crippen LogP contribution in [-0.4, -0.2) is 33.1 Å². The van der Waals surface area contributed by atoms with E-state index < -0.39 is 0 Å². The Morgan fingerprint density at radius 1 is 1.39 bits per heavy atom. The van der Waals surface area contributed by atoms with Crippen molar-refractivity contribution in [3.63, 3.8) is 0 Å². The van der Waals surface area contributed by atoms with Crippen molar-refractivity contribution in [1.29, 1.82) is 0 Å². The Labute approximate surface area is 139 Å². The number of halogens is 1. The Kier molecular flexibility index (Phi) is 5.65. The lowest BCUT2D eigenvalue weighted by molar-refractivity contribution is 0.239. The molecule has 0 fully saturated rings. The highest BCUT2D eigenvalue weighted by Crippen LogP contribution is 2.19. The molecule has 0 atom stereocenters. The number of nitrogens with one attached hydrogen (secondary N) is 2. The highest BCUT2D eigenvalue weighted by atomic mass is 32.2. The Morgan fingerprint density at radius 2 is 2.17 bits per heavy atom. The van der Waals surface area contributed by atoms with Gasteiger partial charge in [0.1, 0.15) is 5.82 Å². The first-order valence-corrected chi connectivity index (χ1v) is 8.47. The van der Waals surface area contributed by atoms with Gasteiger partial charge in [-0.25, -0.2) is 14.2 Å². The molecule has 2 amide bonds. The van der Waals surface area contributed by atoms with E-state index in [2.05, 4.69) is 29.5 Å². The summed E-state index contributed by atoms with van der Waals surface area (Å²) in [5.41, 5.74) is 1.13. The smallest absolute Gasteiger partial charge is 0.315 e. The molecule has 0 aliphatic carbocycles. The first-order valence-electron chi connectivity index (χ1n) is 7.25. The highest BCUT2D eigenvalue weighted by molar-refractivity contribution is 7.99. The maximum Gasteiger partial charge on any atom is 0.315 e. The van der Waals surface area contributed by atoms with Crippen LogP contribution in [-0.2, 0) is 6.54 Å². The maximum absolute atomic E-state index is 14.1. The number of nitrogens with zero attached hydrogens (tertiary/aromatic N) is 2. The van der Waals surface area contributed by atoms with Crippen molar-refractivity contribution in [3.05, 3.63) is 48.3 Å². The van der Waals surface area contributed by atoms with Gasteiger partial charge in [0.2, 0.25) is 0 Å². The van der Waals surface area contributed by atoms with Gasteiger partial charge in [-0.3, -0.25) is 0 Å². The van der Waals surface area contributed by atoms with Gasteiger partial charge in [-0.15, -0.1) is 0 Å². The van der Waals surface area contributed by atoms with E-state index in [0.717, 1.165) is 0 Å². The van der Waals surface area contributed by atoms with Gasteiger partial charge in [-0.05, 0) is 37.8 Å². The molecule has 1 heterocycles. The van der Waals surface area contributed by atoms with Crippen LogP contribution in [0.4, 0.5) is 9.18 Å². The summed E-state index contributed by atoms with van der Waals surface area (Å²) in [6.07, 6.45) is 6.81. The number of hydrogen-bond acceptors (Lipinski definition) is 3. The SMILES string of the molecule is CSC(C)(C)CNC(=O)NCc1ccc(-n2ccnc2)c(F)c1. The molecule has 23 heavy (non-hydrogen) atoms. The zero-order valence-corrected chi connectivity index (χ0v) is 14.3. The van der Waals surface area contributed by atoms with Gasteiger partial charge < -0.3 is 15.2 Å². The average Bonchev–Trinajstić information content (AvgIpc) is 3.05. The standard InChI is InChI=1S/C16H21FN4OS/c1-16(2,23-3)10-20-15(22)19-9-12-4-5-14(13(17)8-12)21-7-6-18-11-21/h4-8,11H,9-10H2,1-3H3,(H2,19,20,22). The second kappa shape index (κ2) is 7.50. The summed E-state index contributed by atoms with van der Waals surface area (Å²) in [7, 11) is 0. The number of rotatable bonds is 6. The van der Waals surface area contributed by atoms with Crippen molar-refractivity contribution in [3.8, 4) is 5.69 Å². The third-order valence-corrected chi connectivity index (χ3v) is 4.72. The quantitative estimate of drug-likeness (QED) is 0.853. The van der Waals surface area contributed by atoms with Crippen LogP contribution < -0.4 is 10.6 Å². The van der Waals surface area contributed by atoms with Crippen LogP contribution in [0.2, 0.25) is 0 Å². The number of urea groups is 1. The predicted molar refractivity (Wildman–Crippen MR) is 91.4 cm³/mol. The third-order valence-electron chi connectivity index (χ3n) is 3.47. The molecule has 0 saturated heterocycles. The zero-order chi connectivity index (χ0) is 16.9. The minimum atomic E-state index is -0.355. The molecule has 0 aliphatic heterocycles. The van der Waals surface area contributed by atoms with E-state index in [0.29, 0.717) is 17.8 Å². The van der Waals surface area contributed by atoms with E-state index in [1.807, 2.05) is 6.26 Å². The van der Waals surface area contributed by atoms with Crippen LogP contribution in [0.5, 0.6) is 0 Å². The van der Waals surface area contributed by atoms with Crippen LogP contribution in [0.3, 0.4) is 0 Å². The van der Waals surface area contributed by atoms with Crippen molar-refractivity contribution in [2.24, 2.45) is 0 Å². The lowest BCUT2D eigenvalue weighted by atomic mass is 10.2. The van der Waals surface area contributed by atoms with Crippen LogP contribution in [0.25, 0.3) is 5.69 Å². The monoisotopic (exact) mass is 336 g/mol. The first kappa shape index (κ1) is 17.3. The molecule has 1 aromatic carbocycles. The lowest BCUT2D eigenvalue weighted by Gasteiger charge is -2.22.